The molecule has 1 fully saturated rings. The molecule has 17 heavy (non-hydrogen) atoms. The molecule has 1 saturated carbocycles. The van der Waals surface area contributed by atoms with Gasteiger partial charge in [0.15, 0.2) is 0 Å². The minimum absolute atomic E-state index is 0.164. The van der Waals surface area contributed by atoms with Crippen LogP contribution in [-0.4, -0.2) is 5.54 Å². The van der Waals surface area contributed by atoms with E-state index in [1.165, 1.54) is 64.2 Å². The van der Waals surface area contributed by atoms with Gasteiger partial charge in [0.05, 0.1) is 0 Å². The molecule has 1 heteroatoms. The Kier molecular flexibility index (Phi) is 6.54. The smallest absolute Gasteiger partial charge is 0.0180 e. The molecule has 0 spiro atoms. The Balaban J connectivity index is 2.16. The third-order valence-electron chi connectivity index (χ3n) is 4.84. The van der Waals surface area contributed by atoms with Gasteiger partial charge in [-0.25, -0.2) is 0 Å². The van der Waals surface area contributed by atoms with Crippen LogP contribution in [0.3, 0.4) is 0 Å². The van der Waals surface area contributed by atoms with Crippen molar-refractivity contribution in [3.05, 3.63) is 0 Å². The Morgan fingerprint density at radius 3 is 2.35 bits per heavy atom. The van der Waals surface area contributed by atoms with Crippen LogP contribution < -0.4 is 5.73 Å². The zero-order valence-corrected chi connectivity index (χ0v) is 12.3. The fourth-order valence-corrected chi connectivity index (χ4v) is 3.32. The lowest BCUT2D eigenvalue weighted by molar-refractivity contribution is 0.150. The van der Waals surface area contributed by atoms with Gasteiger partial charge in [-0.2, -0.15) is 0 Å². The number of hydrogen-bond donors (Lipinski definition) is 1. The lowest BCUT2D eigenvalue weighted by atomic mass is 9.68. The predicted molar refractivity (Wildman–Crippen MR) is 77.1 cm³/mol. The molecular formula is C16H33N. The van der Waals surface area contributed by atoms with E-state index < -0.39 is 0 Å². The van der Waals surface area contributed by atoms with Gasteiger partial charge in [0.25, 0.3) is 0 Å². The summed E-state index contributed by atoms with van der Waals surface area (Å²) in [5.41, 5.74) is 6.77. The third-order valence-corrected chi connectivity index (χ3v) is 4.84. The van der Waals surface area contributed by atoms with E-state index in [0.717, 1.165) is 11.8 Å². The van der Waals surface area contributed by atoms with Gasteiger partial charge in [-0.05, 0) is 37.5 Å². The second-order valence-electron chi connectivity index (χ2n) is 6.53. The number of rotatable bonds is 7. The first-order valence-electron chi connectivity index (χ1n) is 7.87. The molecule has 2 N–H and O–H groups in total. The quantitative estimate of drug-likeness (QED) is 0.629. The van der Waals surface area contributed by atoms with Gasteiger partial charge < -0.3 is 5.73 Å². The van der Waals surface area contributed by atoms with Gasteiger partial charge in [-0.1, -0.05) is 59.3 Å². The third kappa shape index (κ3) is 4.99. The summed E-state index contributed by atoms with van der Waals surface area (Å²) in [5.74, 6) is 1.62. The minimum Gasteiger partial charge on any atom is -0.325 e. The maximum absolute atomic E-state index is 6.61. The summed E-state index contributed by atoms with van der Waals surface area (Å²) in [7, 11) is 0. The van der Waals surface area contributed by atoms with E-state index in [2.05, 4.69) is 20.8 Å². The lowest BCUT2D eigenvalue weighted by Gasteiger charge is -2.42. The average molecular weight is 239 g/mol. The van der Waals surface area contributed by atoms with Crippen molar-refractivity contribution >= 4 is 0 Å². The summed E-state index contributed by atoms with van der Waals surface area (Å²) in [5, 5.41) is 0. The molecule has 0 radical (unpaired) electrons. The van der Waals surface area contributed by atoms with Gasteiger partial charge in [-0.3, -0.25) is 0 Å². The van der Waals surface area contributed by atoms with Crippen molar-refractivity contribution in [3.63, 3.8) is 0 Å². The van der Waals surface area contributed by atoms with Crippen molar-refractivity contribution in [1.29, 1.82) is 0 Å². The van der Waals surface area contributed by atoms with E-state index in [9.17, 15) is 0 Å². The van der Waals surface area contributed by atoms with Crippen LogP contribution in [0.15, 0.2) is 0 Å². The Morgan fingerprint density at radius 1 is 1.06 bits per heavy atom. The van der Waals surface area contributed by atoms with Gasteiger partial charge in [0.1, 0.15) is 0 Å². The fourth-order valence-electron chi connectivity index (χ4n) is 3.32. The maximum Gasteiger partial charge on any atom is 0.0180 e. The van der Waals surface area contributed by atoms with E-state index >= 15 is 0 Å². The maximum atomic E-state index is 6.61. The van der Waals surface area contributed by atoms with Crippen molar-refractivity contribution in [2.24, 2.45) is 17.6 Å². The standard InChI is InChI=1S/C16H33N/c1-4-5-6-7-8-9-11-16(17)12-10-14(2)13-15(16)3/h14-15H,4-13,17H2,1-3H3. The molecule has 0 aromatic heterocycles. The normalized spacial score (nSPS) is 33.9. The molecule has 1 nitrogen and oxygen atoms in total. The first kappa shape index (κ1) is 15.0. The highest BCUT2D eigenvalue weighted by Gasteiger charge is 2.35. The molecule has 0 amide bonds. The van der Waals surface area contributed by atoms with Crippen LogP contribution >= 0.6 is 0 Å². The van der Waals surface area contributed by atoms with Gasteiger partial charge in [0, 0.05) is 5.54 Å². The average Bonchev–Trinajstić information content (AvgIpc) is 2.29. The lowest BCUT2D eigenvalue weighted by Crippen LogP contribution is -2.49. The van der Waals surface area contributed by atoms with E-state index in [1.807, 2.05) is 0 Å². The van der Waals surface area contributed by atoms with Crippen LogP contribution in [0.25, 0.3) is 0 Å². The Morgan fingerprint density at radius 2 is 1.71 bits per heavy atom. The molecule has 102 valence electrons. The molecule has 0 aliphatic heterocycles. The molecule has 3 unspecified atom stereocenters. The topological polar surface area (TPSA) is 26.0 Å². The molecule has 0 aromatic rings. The molecule has 0 bridgehead atoms. The summed E-state index contributed by atoms with van der Waals surface area (Å²) < 4.78 is 0. The van der Waals surface area contributed by atoms with Crippen LogP contribution in [0, 0.1) is 11.8 Å². The van der Waals surface area contributed by atoms with Crippen molar-refractivity contribution in [1.82, 2.24) is 0 Å². The van der Waals surface area contributed by atoms with Crippen molar-refractivity contribution in [2.45, 2.75) is 90.5 Å². The zero-order valence-electron chi connectivity index (χ0n) is 12.3. The van der Waals surface area contributed by atoms with Crippen molar-refractivity contribution in [3.8, 4) is 0 Å². The molecule has 1 rings (SSSR count). The molecule has 0 saturated heterocycles. The summed E-state index contributed by atoms with van der Waals surface area (Å²) in [6, 6.07) is 0. The largest absolute Gasteiger partial charge is 0.325 e. The van der Waals surface area contributed by atoms with E-state index in [0.29, 0.717) is 0 Å². The van der Waals surface area contributed by atoms with E-state index in [4.69, 9.17) is 5.73 Å². The molecule has 0 heterocycles. The molecule has 1 aliphatic rings. The second kappa shape index (κ2) is 7.41. The SMILES string of the molecule is CCCCCCCCC1(N)CCC(C)CC1C. The molecule has 0 aromatic carbocycles. The highest BCUT2D eigenvalue weighted by Crippen LogP contribution is 2.38. The zero-order chi connectivity index (χ0) is 12.7. The number of nitrogens with two attached hydrogens (primary N) is 1. The Hall–Kier alpha value is -0.0400. The Bertz CT molecular complexity index is 202. The van der Waals surface area contributed by atoms with Crippen LogP contribution in [0.1, 0.15) is 85.0 Å². The molecular weight excluding hydrogens is 206 g/mol. The van der Waals surface area contributed by atoms with Crippen LogP contribution in [0.4, 0.5) is 0 Å². The van der Waals surface area contributed by atoms with Crippen LogP contribution in [0.5, 0.6) is 0 Å². The van der Waals surface area contributed by atoms with Gasteiger partial charge in [0.2, 0.25) is 0 Å². The number of hydrogen-bond acceptors (Lipinski definition) is 1. The van der Waals surface area contributed by atoms with Crippen LogP contribution in [-0.2, 0) is 0 Å². The Labute approximate surface area is 109 Å². The minimum atomic E-state index is 0.164. The van der Waals surface area contributed by atoms with Gasteiger partial charge >= 0.3 is 0 Å². The summed E-state index contributed by atoms with van der Waals surface area (Å²) in [6.45, 7) is 7.02. The highest BCUT2D eigenvalue weighted by atomic mass is 14.8. The predicted octanol–water partition coefficient (Wildman–Crippen LogP) is 4.89. The van der Waals surface area contributed by atoms with Crippen molar-refractivity contribution < 1.29 is 0 Å². The molecule has 1 aliphatic carbocycles. The summed E-state index contributed by atoms with van der Waals surface area (Å²) >= 11 is 0. The van der Waals surface area contributed by atoms with Crippen molar-refractivity contribution in [2.75, 3.05) is 0 Å². The fraction of sp³-hybridized carbons (Fsp3) is 1.00. The monoisotopic (exact) mass is 239 g/mol. The van der Waals surface area contributed by atoms with E-state index in [1.54, 1.807) is 0 Å². The first-order valence-corrected chi connectivity index (χ1v) is 7.87. The highest BCUT2D eigenvalue weighted by molar-refractivity contribution is 4.93. The van der Waals surface area contributed by atoms with E-state index in [-0.39, 0.29) is 5.54 Å². The second-order valence-corrected chi connectivity index (χ2v) is 6.53. The summed E-state index contributed by atoms with van der Waals surface area (Å²) in [4.78, 5) is 0. The molecule has 3 atom stereocenters. The summed E-state index contributed by atoms with van der Waals surface area (Å²) in [6.07, 6.45) is 13.5. The number of unbranched alkanes of at least 4 members (excludes halogenated alkanes) is 5. The van der Waals surface area contributed by atoms with Crippen LogP contribution in [0.2, 0.25) is 0 Å². The first-order chi connectivity index (χ1) is 8.08. The van der Waals surface area contributed by atoms with Gasteiger partial charge in [-0.15, -0.1) is 0 Å².